The monoisotopic (exact) mass is 306 g/mol. The van der Waals surface area contributed by atoms with E-state index in [2.05, 4.69) is 34.3 Å². The topological polar surface area (TPSA) is 55.0 Å². The van der Waals surface area contributed by atoms with Gasteiger partial charge in [0.15, 0.2) is 0 Å². The molecular formula is C19H18N2O2. The standard InChI is InChI=1S/C19H18N2O2/c1-2-23-19(22)15-11-12-16-17(13-15)21-18(20-16)10-6-9-14-7-4-3-5-8-14/h3-9,11-13H,2,10H2,1H3,(H,20,21)/b9-6+. The van der Waals surface area contributed by atoms with Crippen molar-refractivity contribution in [3.63, 3.8) is 0 Å². The molecule has 1 aromatic heterocycles. The van der Waals surface area contributed by atoms with Crippen molar-refractivity contribution in [1.82, 2.24) is 9.97 Å². The number of hydrogen-bond acceptors (Lipinski definition) is 3. The number of allylic oxidation sites excluding steroid dienone is 1. The van der Waals surface area contributed by atoms with Gasteiger partial charge < -0.3 is 9.72 Å². The van der Waals surface area contributed by atoms with E-state index in [-0.39, 0.29) is 5.97 Å². The van der Waals surface area contributed by atoms with E-state index in [0.717, 1.165) is 22.4 Å². The first-order valence-electron chi connectivity index (χ1n) is 7.63. The normalized spacial score (nSPS) is 11.2. The maximum atomic E-state index is 11.8. The molecule has 1 heterocycles. The van der Waals surface area contributed by atoms with Gasteiger partial charge >= 0.3 is 5.97 Å². The summed E-state index contributed by atoms with van der Waals surface area (Å²) in [6.07, 6.45) is 4.84. The minimum absolute atomic E-state index is 0.311. The summed E-state index contributed by atoms with van der Waals surface area (Å²) in [5.41, 5.74) is 3.39. The fourth-order valence-corrected chi connectivity index (χ4v) is 2.37. The maximum absolute atomic E-state index is 11.8. The smallest absolute Gasteiger partial charge is 0.338 e. The van der Waals surface area contributed by atoms with Crippen LogP contribution in [0.3, 0.4) is 0 Å². The van der Waals surface area contributed by atoms with Crippen molar-refractivity contribution in [1.29, 1.82) is 0 Å². The fraction of sp³-hybridized carbons (Fsp3) is 0.158. The lowest BCUT2D eigenvalue weighted by Crippen LogP contribution is -2.04. The number of carbonyl (C=O) groups is 1. The summed E-state index contributed by atoms with van der Waals surface area (Å²) < 4.78 is 5.01. The highest BCUT2D eigenvalue weighted by Gasteiger charge is 2.09. The zero-order valence-electron chi connectivity index (χ0n) is 13.0. The Bertz CT molecular complexity index is 835. The number of carbonyl (C=O) groups excluding carboxylic acids is 1. The molecule has 0 spiro atoms. The van der Waals surface area contributed by atoms with Crippen LogP contribution in [-0.2, 0) is 11.2 Å². The van der Waals surface area contributed by atoms with Gasteiger partial charge in [-0.1, -0.05) is 42.5 Å². The average molecular weight is 306 g/mol. The SMILES string of the molecule is CCOC(=O)c1ccc2nc(C/C=C/c3ccccc3)[nH]c2c1. The number of H-pyrrole nitrogens is 1. The number of aromatic nitrogens is 2. The number of rotatable bonds is 5. The molecule has 4 heteroatoms. The van der Waals surface area contributed by atoms with Gasteiger partial charge in [-0.05, 0) is 30.7 Å². The lowest BCUT2D eigenvalue weighted by molar-refractivity contribution is 0.0526. The molecule has 0 aliphatic heterocycles. The summed E-state index contributed by atoms with van der Waals surface area (Å²) in [5.74, 6) is 0.558. The van der Waals surface area contributed by atoms with Gasteiger partial charge in [0, 0.05) is 6.42 Å². The van der Waals surface area contributed by atoms with E-state index in [9.17, 15) is 4.79 Å². The molecule has 116 valence electrons. The molecule has 3 rings (SSSR count). The van der Waals surface area contributed by atoms with Crippen molar-refractivity contribution in [3.05, 3.63) is 71.6 Å². The van der Waals surface area contributed by atoms with E-state index in [0.29, 0.717) is 18.6 Å². The molecule has 0 aliphatic rings. The van der Waals surface area contributed by atoms with Crippen molar-refractivity contribution in [3.8, 4) is 0 Å². The lowest BCUT2D eigenvalue weighted by atomic mass is 10.2. The first kappa shape index (κ1) is 15.0. The molecule has 0 unspecified atom stereocenters. The Hall–Kier alpha value is -2.88. The molecule has 4 nitrogen and oxygen atoms in total. The first-order chi connectivity index (χ1) is 11.3. The molecule has 0 fully saturated rings. The highest BCUT2D eigenvalue weighted by atomic mass is 16.5. The minimum Gasteiger partial charge on any atom is -0.462 e. The largest absolute Gasteiger partial charge is 0.462 e. The van der Waals surface area contributed by atoms with Gasteiger partial charge in [-0.15, -0.1) is 0 Å². The number of ether oxygens (including phenoxy) is 1. The summed E-state index contributed by atoms with van der Waals surface area (Å²) >= 11 is 0. The van der Waals surface area contributed by atoms with E-state index in [1.54, 1.807) is 19.1 Å². The highest BCUT2D eigenvalue weighted by molar-refractivity contribution is 5.93. The van der Waals surface area contributed by atoms with E-state index in [4.69, 9.17) is 4.74 Å². The third kappa shape index (κ3) is 3.66. The number of esters is 1. The summed E-state index contributed by atoms with van der Waals surface area (Å²) in [7, 11) is 0. The van der Waals surface area contributed by atoms with E-state index in [1.165, 1.54) is 0 Å². The maximum Gasteiger partial charge on any atom is 0.338 e. The molecule has 0 saturated heterocycles. The van der Waals surface area contributed by atoms with Gasteiger partial charge in [0.1, 0.15) is 5.82 Å². The van der Waals surface area contributed by atoms with Gasteiger partial charge in [-0.25, -0.2) is 9.78 Å². The Morgan fingerprint density at radius 2 is 2.04 bits per heavy atom. The molecule has 0 aliphatic carbocycles. The van der Waals surface area contributed by atoms with Gasteiger partial charge in [-0.3, -0.25) is 0 Å². The number of nitrogens with zero attached hydrogens (tertiary/aromatic N) is 1. The molecule has 0 amide bonds. The zero-order chi connectivity index (χ0) is 16.1. The van der Waals surface area contributed by atoms with Crippen LogP contribution >= 0.6 is 0 Å². The number of hydrogen-bond donors (Lipinski definition) is 1. The number of nitrogens with one attached hydrogen (secondary N) is 1. The summed E-state index contributed by atoms with van der Waals surface area (Å²) in [6, 6.07) is 15.5. The van der Waals surface area contributed by atoms with Crippen molar-refractivity contribution < 1.29 is 9.53 Å². The van der Waals surface area contributed by atoms with Crippen LogP contribution in [0.1, 0.15) is 28.7 Å². The van der Waals surface area contributed by atoms with Gasteiger partial charge in [0.2, 0.25) is 0 Å². The van der Waals surface area contributed by atoms with Crippen LogP contribution in [0.2, 0.25) is 0 Å². The number of fused-ring (bicyclic) bond motifs is 1. The van der Waals surface area contributed by atoms with Crippen molar-refractivity contribution in [2.24, 2.45) is 0 Å². The third-order valence-corrected chi connectivity index (χ3v) is 3.46. The minimum atomic E-state index is -0.311. The Balaban J connectivity index is 1.75. The highest BCUT2D eigenvalue weighted by Crippen LogP contribution is 2.15. The Morgan fingerprint density at radius 1 is 1.22 bits per heavy atom. The second-order valence-electron chi connectivity index (χ2n) is 5.15. The molecule has 0 bridgehead atoms. The predicted molar refractivity (Wildman–Crippen MR) is 91.2 cm³/mol. The van der Waals surface area contributed by atoms with Crippen molar-refractivity contribution in [2.75, 3.05) is 6.61 Å². The van der Waals surface area contributed by atoms with Gasteiger partial charge in [0.25, 0.3) is 0 Å². The molecule has 3 aromatic rings. The molecule has 0 saturated carbocycles. The Labute approximate surface area is 134 Å². The molecule has 23 heavy (non-hydrogen) atoms. The van der Waals surface area contributed by atoms with Crippen LogP contribution in [0, 0.1) is 0 Å². The van der Waals surface area contributed by atoms with Crippen molar-refractivity contribution >= 4 is 23.1 Å². The van der Waals surface area contributed by atoms with Crippen LogP contribution in [0.15, 0.2) is 54.6 Å². The van der Waals surface area contributed by atoms with Gasteiger partial charge in [-0.2, -0.15) is 0 Å². The Morgan fingerprint density at radius 3 is 2.83 bits per heavy atom. The molecule has 0 atom stereocenters. The second-order valence-corrected chi connectivity index (χ2v) is 5.15. The average Bonchev–Trinajstić information content (AvgIpc) is 2.98. The molecule has 0 radical (unpaired) electrons. The second kappa shape index (κ2) is 6.92. The van der Waals surface area contributed by atoms with Crippen LogP contribution in [0.25, 0.3) is 17.1 Å². The van der Waals surface area contributed by atoms with Crippen LogP contribution in [0.5, 0.6) is 0 Å². The first-order valence-corrected chi connectivity index (χ1v) is 7.63. The summed E-state index contributed by atoms with van der Waals surface area (Å²) in [4.78, 5) is 19.5. The summed E-state index contributed by atoms with van der Waals surface area (Å²) in [6.45, 7) is 2.17. The number of imidazole rings is 1. The number of aromatic amines is 1. The Kier molecular flexibility index (Phi) is 4.52. The van der Waals surface area contributed by atoms with E-state index >= 15 is 0 Å². The third-order valence-electron chi connectivity index (χ3n) is 3.46. The number of benzene rings is 2. The van der Waals surface area contributed by atoms with E-state index in [1.807, 2.05) is 24.3 Å². The zero-order valence-corrected chi connectivity index (χ0v) is 13.0. The lowest BCUT2D eigenvalue weighted by Gasteiger charge is -2.00. The quantitative estimate of drug-likeness (QED) is 0.725. The van der Waals surface area contributed by atoms with E-state index < -0.39 is 0 Å². The molecular weight excluding hydrogens is 288 g/mol. The fourth-order valence-electron chi connectivity index (χ4n) is 2.37. The molecule has 1 N–H and O–H groups in total. The van der Waals surface area contributed by atoms with Crippen molar-refractivity contribution in [2.45, 2.75) is 13.3 Å². The van der Waals surface area contributed by atoms with Crippen LogP contribution in [-0.4, -0.2) is 22.5 Å². The predicted octanol–water partition coefficient (Wildman–Crippen LogP) is 4.00. The van der Waals surface area contributed by atoms with Crippen LogP contribution < -0.4 is 0 Å². The molecule has 2 aromatic carbocycles. The summed E-state index contributed by atoms with van der Waals surface area (Å²) in [5, 5.41) is 0. The van der Waals surface area contributed by atoms with Gasteiger partial charge in [0.05, 0.1) is 23.2 Å². The van der Waals surface area contributed by atoms with Crippen LogP contribution in [0.4, 0.5) is 0 Å².